The van der Waals surface area contributed by atoms with Gasteiger partial charge in [0.25, 0.3) is 0 Å². The van der Waals surface area contributed by atoms with E-state index in [1.165, 1.54) is 18.2 Å². The first-order valence-corrected chi connectivity index (χ1v) is 8.24. The second kappa shape index (κ2) is 7.78. The van der Waals surface area contributed by atoms with Crippen LogP contribution < -0.4 is 0 Å². The van der Waals surface area contributed by atoms with E-state index in [1.807, 2.05) is 48.9 Å². The molecular formula is C21H19FN2O2. The summed E-state index contributed by atoms with van der Waals surface area (Å²) in [6.07, 6.45) is 2.92. The summed E-state index contributed by atoms with van der Waals surface area (Å²) in [6, 6.07) is 15.6. The average molecular weight is 350 g/mol. The predicted molar refractivity (Wildman–Crippen MR) is 98.3 cm³/mol. The highest BCUT2D eigenvalue weighted by atomic mass is 19.1. The van der Waals surface area contributed by atoms with Crippen LogP contribution in [0.1, 0.15) is 22.5 Å². The molecule has 0 aliphatic carbocycles. The Hall–Kier alpha value is -3.21. The lowest BCUT2D eigenvalue weighted by Crippen LogP contribution is -2.02. The zero-order valence-corrected chi connectivity index (χ0v) is 14.6. The van der Waals surface area contributed by atoms with Gasteiger partial charge in [-0.15, -0.1) is 0 Å². The maximum atomic E-state index is 12.8. The highest BCUT2D eigenvalue weighted by molar-refractivity contribution is 5.87. The number of halogens is 1. The molecule has 0 spiro atoms. The van der Waals surface area contributed by atoms with Crippen LogP contribution in [0.4, 0.5) is 4.39 Å². The third-order valence-electron chi connectivity index (χ3n) is 3.85. The Morgan fingerprint density at radius 1 is 1.12 bits per heavy atom. The fourth-order valence-electron chi connectivity index (χ4n) is 2.56. The summed E-state index contributed by atoms with van der Waals surface area (Å²) in [7, 11) is 0. The van der Waals surface area contributed by atoms with Gasteiger partial charge in [-0.2, -0.15) is 5.10 Å². The van der Waals surface area contributed by atoms with E-state index in [1.54, 1.807) is 18.2 Å². The topological polar surface area (TPSA) is 44.1 Å². The van der Waals surface area contributed by atoms with E-state index in [-0.39, 0.29) is 12.4 Å². The van der Waals surface area contributed by atoms with E-state index in [0.29, 0.717) is 0 Å². The fraction of sp³-hybridized carbons (Fsp3) is 0.143. The average Bonchev–Trinajstić information content (AvgIpc) is 2.98. The molecule has 3 aromatic rings. The quantitative estimate of drug-likeness (QED) is 0.506. The smallest absolute Gasteiger partial charge is 0.331 e. The number of nitrogens with zero attached hydrogens (tertiary/aromatic N) is 2. The monoisotopic (exact) mass is 350 g/mol. The lowest BCUT2D eigenvalue weighted by molar-refractivity contribution is -0.138. The zero-order valence-electron chi connectivity index (χ0n) is 14.6. The van der Waals surface area contributed by atoms with Gasteiger partial charge >= 0.3 is 5.97 Å². The van der Waals surface area contributed by atoms with E-state index < -0.39 is 5.97 Å². The van der Waals surface area contributed by atoms with E-state index in [9.17, 15) is 9.18 Å². The number of hydrogen-bond acceptors (Lipinski definition) is 3. The van der Waals surface area contributed by atoms with E-state index in [2.05, 4.69) is 5.10 Å². The fourth-order valence-corrected chi connectivity index (χ4v) is 2.56. The number of rotatable bonds is 5. The summed E-state index contributed by atoms with van der Waals surface area (Å²) in [5.74, 6) is -0.759. The zero-order chi connectivity index (χ0) is 18.5. The third-order valence-corrected chi connectivity index (χ3v) is 3.85. The highest BCUT2D eigenvalue weighted by Gasteiger charge is 2.04. The normalized spacial score (nSPS) is 11.0. The molecule has 0 atom stereocenters. The van der Waals surface area contributed by atoms with Crippen LogP contribution in [-0.2, 0) is 16.1 Å². The van der Waals surface area contributed by atoms with Gasteiger partial charge in [0.15, 0.2) is 0 Å². The van der Waals surface area contributed by atoms with Crippen LogP contribution in [0.15, 0.2) is 60.7 Å². The van der Waals surface area contributed by atoms with Gasteiger partial charge in [0.05, 0.1) is 11.4 Å². The standard InChI is InChI=1S/C21H19FN2O2/c1-15-13-16(2)24(23-15)20-10-5-18(6-11-20)14-26-21(25)12-7-17-3-8-19(22)9-4-17/h3-13H,14H2,1-2H3/b12-7+. The van der Waals surface area contributed by atoms with Crippen molar-refractivity contribution in [1.82, 2.24) is 9.78 Å². The number of carbonyl (C=O) groups excluding carboxylic acids is 1. The second-order valence-corrected chi connectivity index (χ2v) is 6.00. The lowest BCUT2D eigenvalue weighted by Gasteiger charge is -2.06. The van der Waals surface area contributed by atoms with Crippen LogP contribution in [0.5, 0.6) is 0 Å². The van der Waals surface area contributed by atoms with Gasteiger partial charge in [-0.1, -0.05) is 24.3 Å². The van der Waals surface area contributed by atoms with Crippen molar-refractivity contribution in [3.63, 3.8) is 0 Å². The molecule has 4 nitrogen and oxygen atoms in total. The second-order valence-electron chi connectivity index (χ2n) is 6.00. The molecule has 1 heterocycles. The van der Waals surface area contributed by atoms with Gasteiger partial charge in [-0.25, -0.2) is 13.9 Å². The lowest BCUT2D eigenvalue weighted by atomic mass is 10.2. The molecule has 3 rings (SSSR count). The Labute approximate surface area is 151 Å². The van der Waals surface area contributed by atoms with Gasteiger partial charge in [-0.05, 0) is 61.4 Å². The van der Waals surface area contributed by atoms with Crippen molar-refractivity contribution in [1.29, 1.82) is 0 Å². The van der Waals surface area contributed by atoms with E-state index in [4.69, 9.17) is 4.74 Å². The number of aromatic nitrogens is 2. The van der Waals surface area contributed by atoms with Crippen molar-refractivity contribution in [2.75, 3.05) is 0 Å². The van der Waals surface area contributed by atoms with Crippen molar-refractivity contribution < 1.29 is 13.9 Å². The predicted octanol–water partition coefficient (Wildman–Crippen LogP) is 4.38. The maximum absolute atomic E-state index is 12.8. The van der Waals surface area contributed by atoms with Crippen LogP contribution in [0.3, 0.4) is 0 Å². The molecule has 0 fully saturated rings. The van der Waals surface area contributed by atoms with Crippen LogP contribution in [0.25, 0.3) is 11.8 Å². The third kappa shape index (κ3) is 4.45. The molecule has 0 N–H and O–H groups in total. The molecule has 26 heavy (non-hydrogen) atoms. The van der Waals surface area contributed by atoms with Gasteiger partial charge < -0.3 is 4.74 Å². The molecule has 0 saturated heterocycles. The maximum Gasteiger partial charge on any atom is 0.331 e. The molecule has 5 heteroatoms. The molecule has 0 saturated carbocycles. The summed E-state index contributed by atoms with van der Waals surface area (Å²) in [6.45, 7) is 4.14. The highest BCUT2D eigenvalue weighted by Crippen LogP contribution is 2.14. The molecule has 132 valence electrons. The van der Waals surface area contributed by atoms with E-state index >= 15 is 0 Å². The first kappa shape index (κ1) is 17.6. The van der Waals surface area contributed by atoms with Crippen molar-refractivity contribution in [3.05, 3.63) is 89.0 Å². The van der Waals surface area contributed by atoms with Gasteiger partial charge in [-0.3, -0.25) is 0 Å². The number of hydrogen-bond donors (Lipinski definition) is 0. The molecule has 2 aromatic carbocycles. The number of aryl methyl sites for hydroxylation is 2. The number of esters is 1. The van der Waals surface area contributed by atoms with Gasteiger partial charge in [0, 0.05) is 11.8 Å². The first-order chi connectivity index (χ1) is 12.5. The van der Waals surface area contributed by atoms with E-state index in [0.717, 1.165) is 28.2 Å². The summed E-state index contributed by atoms with van der Waals surface area (Å²) >= 11 is 0. The molecule has 0 aliphatic rings. The molecule has 0 radical (unpaired) electrons. The Bertz CT molecular complexity index is 926. The van der Waals surface area contributed by atoms with Crippen LogP contribution in [0, 0.1) is 19.7 Å². The summed E-state index contributed by atoms with van der Waals surface area (Å²) in [4.78, 5) is 11.8. The largest absolute Gasteiger partial charge is 0.458 e. The molecule has 0 amide bonds. The number of ether oxygens (including phenoxy) is 1. The van der Waals surface area contributed by atoms with Crippen molar-refractivity contribution in [3.8, 4) is 5.69 Å². The first-order valence-electron chi connectivity index (χ1n) is 8.24. The van der Waals surface area contributed by atoms with Gasteiger partial charge in [0.1, 0.15) is 12.4 Å². The van der Waals surface area contributed by atoms with Crippen molar-refractivity contribution >= 4 is 12.0 Å². The molecule has 0 aliphatic heterocycles. The minimum atomic E-state index is -0.447. The summed E-state index contributed by atoms with van der Waals surface area (Å²) < 4.78 is 19.9. The Morgan fingerprint density at radius 2 is 1.81 bits per heavy atom. The van der Waals surface area contributed by atoms with Crippen LogP contribution >= 0.6 is 0 Å². The summed E-state index contributed by atoms with van der Waals surface area (Å²) in [5, 5.41) is 4.44. The minimum Gasteiger partial charge on any atom is -0.458 e. The molecule has 0 unspecified atom stereocenters. The number of carbonyl (C=O) groups is 1. The van der Waals surface area contributed by atoms with Crippen molar-refractivity contribution in [2.45, 2.75) is 20.5 Å². The van der Waals surface area contributed by atoms with Gasteiger partial charge in [0.2, 0.25) is 0 Å². The minimum absolute atomic E-state index is 0.185. The number of benzene rings is 2. The summed E-state index contributed by atoms with van der Waals surface area (Å²) in [5.41, 5.74) is 4.61. The Morgan fingerprint density at radius 3 is 2.42 bits per heavy atom. The Balaban J connectivity index is 1.57. The SMILES string of the molecule is Cc1cc(C)n(-c2ccc(COC(=O)/C=C/c3ccc(F)cc3)cc2)n1. The van der Waals surface area contributed by atoms with Crippen molar-refractivity contribution in [2.24, 2.45) is 0 Å². The van der Waals surface area contributed by atoms with Crippen LogP contribution in [-0.4, -0.2) is 15.7 Å². The molecular weight excluding hydrogens is 331 g/mol. The molecule has 1 aromatic heterocycles. The Kier molecular flexibility index (Phi) is 5.27. The molecule has 0 bridgehead atoms. The van der Waals surface area contributed by atoms with Crippen LogP contribution in [0.2, 0.25) is 0 Å².